The van der Waals surface area contributed by atoms with Crippen LogP contribution in [0.1, 0.15) is 37.8 Å². The molecule has 0 spiro atoms. The lowest BCUT2D eigenvalue weighted by Crippen LogP contribution is -2.56. The smallest absolute Gasteiger partial charge is 0.480 e. The number of aliphatic carboxylic acids is 1. The van der Waals surface area contributed by atoms with Crippen LogP contribution in [0.3, 0.4) is 0 Å². The zero-order valence-electron chi connectivity index (χ0n) is 17.1. The van der Waals surface area contributed by atoms with E-state index < -0.39 is 25.6 Å². The first-order valence-electron chi connectivity index (χ1n) is 10.0. The van der Waals surface area contributed by atoms with Crippen molar-refractivity contribution in [3.63, 3.8) is 0 Å². The van der Waals surface area contributed by atoms with E-state index in [9.17, 15) is 19.4 Å². The van der Waals surface area contributed by atoms with Crippen molar-refractivity contribution >= 4 is 14.0 Å². The van der Waals surface area contributed by atoms with Crippen molar-refractivity contribution in [3.8, 4) is 0 Å². The maximum atomic E-state index is 12.0. The number of carboxylic acid groups (broad SMARTS) is 1. The van der Waals surface area contributed by atoms with Crippen LogP contribution in [0.25, 0.3) is 0 Å². The van der Waals surface area contributed by atoms with Crippen molar-refractivity contribution in [2.24, 2.45) is 5.92 Å². The molecular weight excluding hydrogens is 385 g/mol. The Morgan fingerprint density at radius 1 is 1.00 bits per heavy atom. The Hall–Kier alpha value is -2.07. The van der Waals surface area contributed by atoms with Crippen molar-refractivity contribution < 1.29 is 19.4 Å². The quantitative estimate of drug-likeness (QED) is 0.446. The highest BCUT2D eigenvalue weighted by atomic mass is 31.1. The molecule has 2 aromatic rings. The van der Waals surface area contributed by atoms with Gasteiger partial charge in [0.2, 0.25) is 0 Å². The third-order valence-corrected chi connectivity index (χ3v) is 5.64. The van der Waals surface area contributed by atoms with E-state index in [-0.39, 0.29) is 12.1 Å². The molecule has 0 saturated carbocycles. The van der Waals surface area contributed by atoms with Gasteiger partial charge in [0.05, 0.1) is 0 Å². The van der Waals surface area contributed by atoms with Crippen LogP contribution in [0.2, 0.25) is 0 Å². The van der Waals surface area contributed by atoms with E-state index in [1.54, 1.807) is 0 Å². The molecule has 3 N–H and O–H groups in total. The summed E-state index contributed by atoms with van der Waals surface area (Å²) in [6.07, 6.45) is 2.17. The van der Waals surface area contributed by atoms with Gasteiger partial charge in [-0.05, 0) is 40.9 Å². The van der Waals surface area contributed by atoms with E-state index in [2.05, 4.69) is 5.32 Å². The number of carbonyl (C=O) groups is 1. The van der Waals surface area contributed by atoms with Gasteiger partial charge in [0.15, 0.2) is 6.16 Å². The average molecular weight is 416 g/mol. The topological polar surface area (TPSA) is 86.6 Å². The summed E-state index contributed by atoms with van der Waals surface area (Å²) >= 11 is 0. The van der Waals surface area contributed by atoms with Gasteiger partial charge in [-0.15, -0.1) is 0 Å². The first-order valence-corrected chi connectivity index (χ1v) is 11.4. The SMILES string of the molecule is CC(C)C[C@H](NC(CC[P+](=O)O)(Cc1ccccc1)Cc1ccccc1)C(=O)O. The molecule has 6 heteroatoms. The summed E-state index contributed by atoms with van der Waals surface area (Å²) < 4.78 is 11.6. The largest absolute Gasteiger partial charge is 0.505 e. The van der Waals surface area contributed by atoms with E-state index >= 15 is 0 Å². The molecular formula is C23H31NO4P+. The summed E-state index contributed by atoms with van der Waals surface area (Å²) in [5.74, 6) is -0.679. The molecule has 0 saturated heterocycles. The minimum atomic E-state index is -2.31. The van der Waals surface area contributed by atoms with Crippen LogP contribution >= 0.6 is 8.03 Å². The summed E-state index contributed by atoms with van der Waals surface area (Å²) in [4.78, 5) is 21.5. The molecule has 0 aliphatic heterocycles. The molecule has 0 fully saturated rings. The van der Waals surface area contributed by atoms with Gasteiger partial charge in [-0.25, -0.2) is 0 Å². The van der Waals surface area contributed by atoms with E-state index in [1.807, 2.05) is 74.5 Å². The van der Waals surface area contributed by atoms with Crippen LogP contribution in [0.4, 0.5) is 0 Å². The number of nitrogens with one attached hydrogen (secondary N) is 1. The van der Waals surface area contributed by atoms with Crippen molar-refractivity contribution in [1.82, 2.24) is 5.32 Å². The molecule has 0 radical (unpaired) electrons. The molecule has 0 amide bonds. The van der Waals surface area contributed by atoms with Gasteiger partial charge in [-0.2, -0.15) is 4.89 Å². The Bertz CT molecular complexity index is 738. The first-order chi connectivity index (χ1) is 13.8. The van der Waals surface area contributed by atoms with E-state index in [1.165, 1.54) is 0 Å². The molecule has 0 aliphatic rings. The van der Waals surface area contributed by atoms with Crippen molar-refractivity contribution in [1.29, 1.82) is 0 Å². The number of carboxylic acids is 1. The van der Waals surface area contributed by atoms with Gasteiger partial charge in [-0.3, -0.25) is 10.1 Å². The minimum absolute atomic E-state index is 0.121. The van der Waals surface area contributed by atoms with Crippen LogP contribution in [0.5, 0.6) is 0 Å². The van der Waals surface area contributed by atoms with E-state index in [4.69, 9.17) is 0 Å². The van der Waals surface area contributed by atoms with Crippen LogP contribution in [0, 0.1) is 5.92 Å². The number of hydrogen-bond donors (Lipinski definition) is 3. The van der Waals surface area contributed by atoms with Crippen molar-refractivity contribution in [3.05, 3.63) is 71.8 Å². The minimum Gasteiger partial charge on any atom is -0.480 e. The Balaban J connectivity index is 2.43. The van der Waals surface area contributed by atoms with Gasteiger partial charge in [0.25, 0.3) is 0 Å². The third-order valence-electron chi connectivity index (χ3n) is 5.04. The Morgan fingerprint density at radius 2 is 1.48 bits per heavy atom. The molecule has 29 heavy (non-hydrogen) atoms. The van der Waals surface area contributed by atoms with E-state index in [0.29, 0.717) is 25.7 Å². The zero-order chi connectivity index (χ0) is 21.3. The zero-order valence-corrected chi connectivity index (χ0v) is 18.0. The lowest BCUT2D eigenvalue weighted by Gasteiger charge is -2.37. The molecule has 2 aromatic carbocycles. The normalized spacial score (nSPS) is 13.3. The number of benzene rings is 2. The molecule has 5 nitrogen and oxygen atoms in total. The highest BCUT2D eigenvalue weighted by Crippen LogP contribution is 2.29. The van der Waals surface area contributed by atoms with E-state index in [0.717, 1.165) is 11.1 Å². The van der Waals surface area contributed by atoms with Gasteiger partial charge >= 0.3 is 14.0 Å². The third kappa shape index (κ3) is 8.06. The molecule has 156 valence electrons. The maximum absolute atomic E-state index is 12.0. The van der Waals surface area contributed by atoms with Gasteiger partial charge in [0, 0.05) is 12.0 Å². The second-order valence-corrected chi connectivity index (χ2v) is 9.25. The summed E-state index contributed by atoms with van der Waals surface area (Å²) in [6.45, 7) is 4.00. The standard InChI is InChI=1S/C23H30NO4P/c1-18(2)15-21(22(25)26)24-23(13-14-29(27)28,16-19-9-5-3-6-10-19)17-20-11-7-4-8-12-20/h3-12,18,21,24H,13-17H2,1-2H3,(H-,25,26,27,28)/p+1/t21-/m0/s1. The van der Waals surface area contributed by atoms with Crippen LogP contribution < -0.4 is 5.32 Å². The molecule has 0 bridgehead atoms. The fourth-order valence-corrected chi connectivity index (χ4v) is 4.38. The Labute approximate surface area is 174 Å². The first kappa shape index (κ1) is 23.2. The molecule has 0 aromatic heterocycles. The lowest BCUT2D eigenvalue weighted by molar-refractivity contribution is -0.140. The van der Waals surface area contributed by atoms with Gasteiger partial charge in [-0.1, -0.05) is 74.5 Å². The van der Waals surface area contributed by atoms with Crippen LogP contribution in [-0.4, -0.2) is 33.7 Å². The van der Waals surface area contributed by atoms with Crippen LogP contribution in [0.15, 0.2) is 60.7 Å². The molecule has 0 aliphatic carbocycles. The summed E-state index contributed by atoms with van der Waals surface area (Å²) in [7, 11) is -2.31. The lowest BCUT2D eigenvalue weighted by atomic mass is 9.81. The summed E-state index contributed by atoms with van der Waals surface area (Å²) in [6, 6.07) is 19.0. The Kier molecular flexibility index (Phi) is 8.97. The molecule has 1 unspecified atom stereocenters. The monoisotopic (exact) mass is 416 g/mol. The second-order valence-electron chi connectivity index (χ2n) is 8.10. The molecule has 2 atom stereocenters. The summed E-state index contributed by atoms with van der Waals surface area (Å²) in [5, 5.41) is 13.2. The van der Waals surface area contributed by atoms with Crippen LogP contribution in [-0.2, 0) is 22.2 Å². The molecule has 0 heterocycles. The fraction of sp³-hybridized carbons (Fsp3) is 0.435. The molecule has 2 rings (SSSR count). The second kappa shape index (κ2) is 11.2. The average Bonchev–Trinajstić information content (AvgIpc) is 2.67. The predicted molar refractivity (Wildman–Crippen MR) is 116 cm³/mol. The predicted octanol–water partition coefficient (Wildman–Crippen LogP) is 4.42. The van der Waals surface area contributed by atoms with Gasteiger partial charge in [0.1, 0.15) is 6.04 Å². The maximum Gasteiger partial charge on any atom is 0.505 e. The summed E-state index contributed by atoms with van der Waals surface area (Å²) in [5.41, 5.74) is 1.49. The number of rotatable bonds is 12. The van der Waals surface area contributed by atoms with Crippen molar-refractivity contribution in [2.45, 2.75) is 51.1 Å². The van der Waals surface area contributed by atoms with Crippen molar-refractivity contribution in [2.75, 3.05) is 6.16 Å². The number of hydrogen-bond acceptors (Lipinski definition) is 3. The highest BCUT2D eigenvalue weighted by molar-refractivity contribution is 7.37. The van der Waals surface area contributed by atoms with Gasteiger partial charge < -0.3 is 5.11 Å². The Morgan fingerprint density at radius 3 is 1.86 bits per heavy atom. The highest BCUT2D eigenvalue weighted by Gasteiger charge is 2.37. The fourth-order valence-electron chi connectivity index (χ4n) is 3.76.